The van der Waals surface area contributed by atoms with Crippen LogP contribution in [0.25, 0.3) is 0 Å². The molecule has 6 heteroatoms. The monoisotopic (exact) mass is 256 g/mol. The van der Waals surface area contributed by atoms with Crippen LogP contribution in [-0.4, -0.2) is 21.3 Å². The largest absolute Gasteiger partial charge is 1.00 e. The molecule has 72 valence electrons. The molecule has 0 bridgehead atoms. The zero-order chi connectivity index (χ0) is 8.91. The van der Waals surface area contributed by atoms with Crippen LogP contribution in [0.2, 0.25) is 0 Å². The van der Waals surface area contributed by atoms with E-state index in [0.29, 0.717) is 0 Å². The van der Waals surface area contributed by atoms with Crippen molar-refractivity contribution >= 4 is 28.0 Å². The molecule has 0 aliphatic carbocycles. The van der Waals surface area contributed by atoms with E-state index in [2.05, 4.69) is 26.1 Å². The van der Waals surface area contributed by atoms with Crippen molar-refractivity contribution in [2.75, 3.05) is 11.5 Å². The van der Waals surface area contributed by atoms with E-state index in [-0.39, 0.29) is 62.9 Å². The maximum Gasteiger partial charge on any atom is 1.00 e. The summed E-state index contributed by atoms with van der Waals surface area (Å²) in [5.74, 6) is 1.80. The van der Waals surface area contributed by atoms with Gasteiger partial charge in [0.15, 0.2) is 5.69 Å². The summed E-state index contributed by atoms with van der Waals surface area (Å²) in [6.45, 7) is 4.11. The summed E-state index contributed by atoms with van der Waals surface area (Å²) in [4.78, 5) is 18.6. The Hall–Kier alpha value is 2.69. The number of rotatable bonds is 4. The molecular weight excluding hydrogens is 238 g/mol. The SMILES string of the molecule is CCCS(CCC)=P(O)(O)S.[H-].[K+]. The van der Waals surface area contributed by atoms with Crippen molar-refractivity contribution in [3.63, 3.8) is 0 Å². The molecule has 0 fully saturated rings. The Labute approximate surface area is 127 Å². The van der Waals surface area contributed by atoms with E-state index in [1.165, 1.54) is 0 Å². The smallest absolute Gasteiger partial charge is 1.00 e. The molecule has 2 N–H and O–H groups in total. The van der Waals surface area contributed by atoms with Crippen LogP contribution < -0.4 is 51.4 Å². The zero-order valence-electron chi connectivity index (χ0n) is 9.03. The van der Waals surface area contributed by atoms with Gasteiger partial charge in [-0.15, -0.1) is 10.1 Å². The average molecular weight is 256 g/mol. The fraction of sp³-hybridized carbons (Fsp3) is 1.00. The third kappa shape index (κ3) is 8.03. The molecule has 0 radical (unpaired) electrons. The summed E-state index contributed by atoms with van der Waals surface area (Å²) in [7, 11) is -0.255. The van der Waals surface area contributed by atoms with Gasteiger partial charge in [0.1, 0.15) is 0 Å². The molecule has 0 unspecified atom stereocenters. The van der Waals surface area contributed by atoms with E-state index >= 15 is 0 Å². The van der Waals surface area contributed by atoms with Gasteiger partial charge >= 0.3 is 51.4 Å². The second-order valence-electron chi connectivity index (χ2n) is 2.38. The summed E-state index contributed by atoms with van der Waals surface area (Å²) < 4.78 is 0. The first-order valence-corrected chi connectivity index (χ1v) is 8.79. The predicted octanol–water partition coefficient (Wildman–Crippen LogP) is -0.867. The van der Waals surface area contributed by atoms with E-state index in [1.54, 1.807) is 0 Å². The van der Waals surface area contributed by atoms with Gasteiger partial charge in [-0.3, -0.25) is 0 Å². The summed E-state index contributed by atoms with van der Waals surface area (Å²) in [5.41, 5.74) is -2.84. The Kier molecular flexibility index (Phi) is 12.8. The van der Waals surface area contributed by atoms with E-state index in [4.69, 9.17) is 0 Å². The number of hydrogen-bond acceptors (Lipinski definition) is 0. The predicted molar refractivity (Wildman–Crippen MR) is 59.1 cm³/mol. The second-order valence-corrected chi connectivity index (χ2v) is 10.7. The Morgan fingerprint density at radius 1 is 1.25 bits per heavy atom. The maximum absolute atomic E-state index is 9.28. The molecule has 0 spiro atoms. The quantitative estimate of drug-likeness (QED) is 0.348. The molecule has 0 aromatic heterocycles. The van der Waals surface area contributed by atoms with Crippen molar-refractivity contribution in [3.8, 4) is 0 Å². The average Bonchev–Trinajstić information content (AvgIpc) is 1.85. The van der Waals surface area contributed by atoms with Gasteiger partial charge in [0.05, 0.1) is 0 Å². The molecule has 0 saturated carbocycles. The van der Waals surface area contributed by atoms with Crippen molar-refractivity contribution < 1.29 is 62.6 Å². The Morgan fingerprint density at radius 3 is 1.75 bits per heavy atom. The van der Waals surface area contributed by atoms with Gasteiger partial charge < -0.3 is 11.2 Å². The Bertz CT molecular complexity index is 158. The van der Waals surface area contributed by atoms with Gasteiger partial charge in [-0.1, -0.05) is 26.1 Å². The van der Waals surface area contributed by atoms with Gasteiger partial charge in [-0.25, -0.2) is 0 Å². The third-order valence-corrected chi connectivity index (χ3v) is 8.93. The van der Waals surface area contributed by atoms with Crippen molar-refractivity contribution in [2.45, 2.75) is 26.7 Å². The second kappa shape index (κ2) is 8.95. The summed E-state index contributed by atoms with van der Waals surface area (Å²) in [6, 6.07) is 0. The Morgan fingerprint density at radius 2 is 1.58 bits per heavy atom. The molecule has 0 aliphatic heterocycles. The molecule has 12 heavy (non-hydrogen) atoms. The molecule has 0 heterocycles. The summed E-state index contributed by atoms with van der Waals surface area (Å²) in [5, 5.41) is 0. The van der Waals surface area contributed by atoms with Crippen LogP contribution in [0, 0.1) is 0 Å². The first-order valence-electron chi connectivity index (χ1n) is 3.77. The first kappa shape index (κ1) is 17.1. The fourth-order valence-electron chi connectivity index (χ4n) is 0.818. The van der Waals surface area contributed by atoms with Crippen LogP contribution >= 0.6 is 17.9 Å². The van der Waals surface area contributed by atoms with Crippen LogP contribution in [-0.2, 0) is 10.1 Å². The van der Waals surface area contributed by atoms with Crippen molar-refractivity contribution in [3.05, 3.63) is 0 Å². The normalized spacial score (nSPS) is 11.5. The Balaban J connectivity index is -0.000000500. The zero-order valence-corrected chi connectivity index (χ0v) is 13.8. The van der Waals surface area contributed by atoms with Crippen LogP contribution in [0.1, 0.15) is 28.1 Å². The topological polar surface area (TPSA) is 40.5 Å². The molecule has 0 aromatic rings. The van der Waals surface area contributed by atoms with Crippen molar-refractivity contribution in [1.82, 2.24) is 0 Å². The minimum Gasteiger partial charge on any atom is -1.00 e. The van der Waals surface area contributed by atoms with E-state index in [0.717, 1.165) is 24.3 Å². The standard InChI is InChI=1S/C6H17O2PS2.K.H/c1-3-5-11(6-4-2)9(7,8)10;;/h7-8,10H,3-6H2,1-2H3;;/q;+1;-1. The van der Waals surface area contributed by atoms with Gasteiger partial charge in [-0.2, -0.15) is 0 Å². The van der Waals surface area contributed by atoms with Crippen LogP contribution in [0.3, 0.4) is 0 Å². The van der Waals surface area contributed by atoms with Gasteiger partial charge in [-0.05, 0) is 24.3 Å². The maximum atomic E-state index is 9.28. The van der Waals surface area contributed by atoms with Crippen LogP contribution in [0.4, 0.5) is 0 Å². The van der Waals surface area contributed by atoms with Crippen LogP contribution in [0.15, 0.2) is 0 Å². The van der Waals surface area contributed by atoms with Crippen LogP contribution in [0.5, 0.6) is 0 Å². The van der Waals surface area contributed by atoms with E-state index < -0.39 is 5.69 Å². The minimum atomic E-state index is -2.84. The molecule has 0 saturated heterocycles. The summed E-state index contributed by atoms with van der Waals surface area (Å²) >= 11 is 3.85. The first-order chi connectivity index (χ1) is 5.02. The van der Waals surface area contributed by atoms with E-state index in [9.17, 15) is 9.79 Å². The molecular formula is C6H18KO2PS2. The van der Waals surface area contributed by atoms with Gasteiger partial charge in [0.2, 0.25) is 0 Å². The molecule has 0 atom stereocenters. The number of hydrogen-bond donors (Lipinski definition) is 3. The van der Waals surface area contributed by atoms with Crippen molar-refractivity contribution in [1.29, 1.82) is 0 Å². The molecule has 0 aliphatic rings. The van der Waals surface area contributed by atoms with Crippen molar-refractivity contribution in [2.24, 2.45) is 0 Å². The minimum absolute atomic E-state index is 0. The molecule has 0 rings (SSSR count). The van der Waals surface area contributed by atoms with Gasteiger partial charge in [0, 0.05) is 0 Å². The van der Waals surface area contributed by atoms with Gasteiger partial charge in [0.25, 0.3) is 0 Å². The molecule has 0 amide bonds. The summed E-state index contributed by atoms with van der Waals surface area (Å²) in [6.07, 6.45) is 2.01. The molecule has 0 aromatic carbocycles. The number of thiol groups is 1. The third-order valence-electron chi connectivity index (χ3n) is 1.23. The fourth-order valence-corrected chi connectivity index (χ4v) is 6.49. The molecule has 2 nitrogen and oxygen atoms in total. The van der Waals surface area contributed by atoms with E-state index in [1.807, 2.05) is 0 Å².